The minimum atomic E-state index is -0.333. The van der Waals surface area contributed by atoms with E-state index in [0.29, 0.717) is 0 Å². The molecule has 1 aromatic heterocycles. The highest BCUT2D eigenvalue weighted by molar-refractivity contribution is 6.62. The molecule has 0 atom stereocenters. The molecule has 3 rings (SSSR count). The van der Waals surface area contributed by atoms with Gasteiger partial charge in [0.05, 0.1) is 22.4 Å². The maximum Gasteiger partial charge on any atom is 0.494 e. The Balaban J connectivity index is 1.89. The Bertz CT molecular complexity index is 751. The Morgan fingerprint density at radius 1 is 1.12 bits per heavy atom. The van der Waals surface area contributed by atoms with Gasteiger partial charge in [0.25, 0.3) is 0 Å². The fourth-order valence-corrected chi connectivity index (χ4v) is 3.19. The van der Waals surface area contributed by atoms with E-state index in [-0.39, 0.29) is 18.3 Å². The van der Waals surface area contributed by atoms with Gasteiger partial charge in [-0.25, -0.2) is 0 Å². The van der Waals surface area contributed by atoms with E-state index in [1.54, 1.807) is 0 Å². The van der Waals surface area contributed by atoms with E-state index in [4.69, 9.17) is 14.4 Å². The molecule has 1 aliphatic rings. The highest BCUT2D eigenvalue weighted by Gasteiger charge is 2.51. The maximum atomic E-state index is 6.20. The zero-order valence-electron chi connectivity index (χ0n) is 16.6. The number of hydrogen-bond donors (Lipinski definition) is 0. The molecular formula is C19H30BN3O2. The van der Waals surface area contributed by atoms with Crippen molar-refractivity contribution in [2.45, 2.75) is 58.8 Å². The molecular weight excluding hydrogens is 313 g/mol. The van der Waals surface area contributed by atoms with Crippen molar-refractivity contribution in [2.75, 3.05) is 20.6 Å². The van der Waals surface area contributed by atoms with Gasteiger partial charge in [-0.1, -0.05) is 12.1 Å². The third-order valence-electron chi connectivity index (χ3n) is 5.46. The van der Waals surface area contributed by atoms with Crippen LogP contribution in [0, 0.1) is 6.92 Å². The van der Waals surface area contributed by atoms with Crippen molar-refractivity contribution in [3.8, 4) is 0 Å². The molecule has 0 unspecified atom stereocenters. The number of benzene rings is 1. The molecule has 2 heterocycles. The van der Waals surface area contributed by atoms with E-state index >= 15 is 0 Å². The second-order valence-corrected chi connectivity index (χ2v) is 8.33. The molecule has 0 bridgehead atoms. The summed E-state index contributed by atoms with van der Waals surface area (Å²) in [4.78, 5) is 2.20. The number of aromatic nitrogens is 2. The van der Waals surface area contributed by atoms with Gasteiger partial charge >= 0.3 is 7.12 Å². The van der Waals surface area contributed by atoms with E-state index in [1.165, 1.54) is 5.39 Å². The molecule has 1 aliphatic heterocycles. The van der Waals surface area contributed by atoms with Gasteiger partial charge < -0.3 is 14.2 Å². The van der Waals surface area contributed by atoms with E-state index in [9.17, 15) is 0 Å². The first-order valence-electron chi connectivity index (χ1n) is 9.08. The van der Waals surface area contributed by atoms with Crippen LogP contribution in [0.1, 0.15) is 39.8 Å². The topological polar surface area (TPSA) is 39.5 Å². The minimum absolute atomic E-state index is 0.325. The molecule has 0 aliphatic carbocycles. The zero-order valence-corrected chi connectivity index (χ0v) is 16.6. The van der Waals surface area contributed by atoms with E-state index < -0.39 is 0 Å². The monoisotopic (exact) mass is 343 g/mol. The number of fused-ring (bicyclic) bond motifs is 1. The van der Waals surface area contributed by atoms with Gasteiger partial charge in [0.15, 0.2) is 0 Å². The highest BCUT2D eigenvalue weighted by Crippen LogP contribution is 2.36. The molecule has 1 saturated heterocycles. The lowest BCUT2D eigenvalue weighted by Crippen LogP contribution is -2.41. The highest BCUT2D eigenvalue weighted by atomic mass is 16.7. The van der Waals surface area contributed by atoms with E-state index in [2.05, 4.69) is 76.5 Å². The fraction of sp³-hybridized carbons (Fsp3) is 0.632. The summed E-state index contributed by atoms with van der Waals surface area (Å²) >= 11 is 0. The lowest BCUT2D eigenvalue weighted by Gasteiger charge is -2.32. The lowest BCUT2D eigenvalue weighted by molar-refractivity contribution is 0.00578. The average molecular weight is 343 g/mol. The Hall–Kier alpha value is -1.37. The molecule has 0 amide bonds. The van der Waals surface area contributed by atoms with Gasteiger partial charge in [-0.05, 0) is 73.2 Å². The molecule has 0 spiro atoms. The van der Waals surface area contributed by atoms with Crippen LogP contribution >= 0.6 is 0 Å². The summed E-state index contributed by atoms with van der Waals surface area (Å²) < 4.78 is 14.5. The average Bonchev–Trinajstić information content (AvgIpc) is 2.92. The third-order valence-corrected chi connectivity index (χ3v) is 5.46. The predicted molar refractivity (Wildman–Crippen MR) is 103 cm³/mol. The van der Waals surface area contributed by atoms with Crippen LogP contribution in [0.15, 0.2) is 18.2 Å². The van der Waals surface area contributed by atoms with E-state index in [0.717, 1.165) is 36.2 Å². The molecule has 5 nitrogen and oxygen atoms in total. The molecule has 1 fully saturated rings. The van der Waals surface area contributed by atoms with Crippen LogP contribution in [-0.2, 0) is 15.9 Å². The number of rotatable bonds is 5. The summed E-state index contributed by atoms with van der Waals surface area (Å²) in [7, 11) is 3.87. The van der Waals surface area contributed by atoms with Crippen molar-refractivity contribution in [3.63, 3.8) is 0 Å². The van der Waals surface area contributed by atoms with Gasteiger partial charge in [0, 0.05) is 11.9 Å². The van der Waals surface area contributed by atoms with E-state index in [1.807, 2.05) is 0 Å². The summed E-state index contributed by atoms with van der Waals surface area (Å²) in [6.45, 7) is 12.4. The molecule has 2 aromatic rings. The Kier molecular flexibility index (Phi) is 4.73. The molecule has 1 aromatic carbocycles. The molecule has 25 heavy (non-hydrogen) atoms. The fourth-order valence-electron chi connectivity index (χ4n) is 3.19. The molecule has 0 radical (unpaired) electrons. The summed E-state index contributed by atoms with van der Waals surface area (Å²) in [5.41, 5.74) is 2.63. The second-order valence-electron chi connectivity index (χ2n) is 8.33. The summed E-state index contributed by atoms with van der Waals surface area (Å²) in [6.07, 6.45) is 1.07. The predicted octanol–water partition coefficient (Wildman–Crippen LogP) is 2.60. The summed E-state index contributed by atoms with van der Waals surface area (Å²) in [6, 6.07) is 6.41. The van der Waals surface area contributed by atoms with Crippen molar-refractivity contribution in [1.82, 2.24) is 14.7 Å². The van der Waals surface area contributed by atoms with Crippen molar-refractivity contribution in [3.05, 3.63) is 23.9 Å². The first-order valence-corrected chi connectivity index (χ1v) is 9.08. The van der Waals surface area contributed by atoms with Gasteiger partial charge in [0.1, 0.15) is 0 Å². The van der Waals surface area contributed by atoms with Gasteiger partial charge in [0.2, 0.25) is 0 Å². The molecule has 0 saturated carbocycles. The van der Waals surface area contributed by atoms with Crippen LogP contribution in [0.5, 0.6) is 0 Å². The Labute approximate surface area is 151 Å². The maximum absolute atomic E-state index is 6.20. The molecule has 6 heteroatoms. The Morgan fingerprint density at radius 2 is 1.76 bits per heavy atom. The molecule has 136 valence electrons. The molecule has 0 N–H and O–H groups in total. The minimum Gasteiger partial charge on any atom is -0.399 e. The second kappa shape index (κ2) is 6.42. The summed E-state index contributed by atoms with van der Waals surface area (Å²) in [5, 5.41) is 5.93. The summed E-state index contributed by atoms with van der Waals surface area (Å²) in [5.74, 6) is 0. The lowest BCUT2D eigenvalue weighted by atomic mass is 9.79. The van der Waals surface area contributed by atoms with Gasteiger partial charge in [-0.15, -0.1) is 0 Å². The van der Waals surface area contributed by atoms with Crippen molar-refractivity contribution < 1.29 is 9.31 Å². The largest absolute Gasteiger partial charge is 0.494 e. The Morgan fingerprint density at radius 3 is 2.36 bits per heavy atom. The SMILES string of the molecule is Cc1nn(CCCN(C)C)c2cc(B3OC(C)(C)C(C)(C)O3)ccc12. The van der Waals surface area contributed by atoms with Gasteiger partial charge in [-0.3, -0.25) is 4.68 Å². The number of hydrogen-bond acceptors (Lipinski definition) is 4. The van der Waals surface area contributed by atoms with Crippen LogP contribution in [0.25, 0.3) is 10.9 Å². The number of nitrogens with zero attached hydrogens (tertiary/aromatic N) is 3. The van der Waals surface area contributed by atoms with Crippen LogP contribution < -0.4 is 5.46 Å². The first kappa shape index (κ1) is 18.4. The number of aryl methyl sites for hydroxylation is 2. The van der Waals surface area contributed by atoms with Crippen molar-refractivity contribution in [2.24, 2.45) is 0 Å². The van der Waals surface area contributed by atoms with Crippen molar-refractivity contribution >= 4 is 23.5 Å². The first-order chi connectivity index (χ1) is 11.6. The smallest absolute Gasteiger partial charge is 0.399 e. The standard InChI is InChI=1S/C19H30BN3O2/c1-14-16-10-9-15(20-24-18(2,3)19(4,5)25-20)13-17(16)23(21-14)12-8-11-22(6)7/h9-10,13H,8,11-12H2,1-7H3. The van der Waals surface area contributed by atoms with Crippen LogP contribution in [0.3, 0.4) is 0 Å². The van der Waals surface area contributed by atoms with Gasteiger partial charge in [-0.2, -0.15) is 5.10 Å². The third kappa shape index (κ3) is 3.48. The van der Waals surface area contributed by atoms with Crippen LogP contribution in [0.4, 0.5) is 0 Å². The van der Waals surface area contributed by atoms with Crippen molar-refractivity contribution in [1.29, 1.82) is 0 Å². The normalized spacial score (nSPS) is 19.3. The van der Waals surface area contributed by atoms with Crippen LogP contribution in [0.2, 0.25) is 0 Å². The quantitative estimate of drug-likeness (QED) is 0.783. The zero-order chi connectivity index (χ0) is 18.4. The van der Waals surface area contributed by atoms with Crippen LogP contribution in [-0.4, -0.2) is 53.6 Å².